The maximum absolute atomic E-state index is 12.4. The molecule has 3 unspecified atom stereocenters. The van der Waals surface area contributed by atoms with E-state index in [0.29, 0.717) is 12.8 Å². The fourth-order valence-electron chi connectivity index (χ4n) is 2.40. The summed E-state index contributed by atoms with van der Waals surface area (Å²) in [6.07, 6.45) is 0.629. The predicted molar refractivity (Wildman–Crippen MR) is 96.2 cm³/mol. The zero-order chi connectivity index (χ0) is 19.7. The van der Waals surface area contributed by atoms with E-state index < -0.39 is 42.5 Å². The van der Waals surface area contributed by atoms with Crippen LogP contribution in [0.2, 0.25) is 0 Å². The van der Waals surface area contributed by atoms with Gasteiger partial charge in [-0.05, 0) is 24.3 Å². The van der Waals surface area contributed by atoms with Crippen LogP contribution in [0.3, 0.4) is 0 Å². The predicted octanol–water partition coefficient (Wildman–Crippen LogP) is -0.351. The molecule has 1 rings (SSSR count). The second-order valence-electron chi connectivity index (χ2n) is 6.57. The average molecular weight is 365 g/mol. The first-order valence-corrected chi connectivity index (χ1v) is 8.48. The van der Waals surface area contributed by atoms with Gasteiger partial charge in [0.1, 0.15) is 12.1 Å². The molecule has 1 aromatic rings. The molecular formula is C18H27N3O5. The average Bonchev–Trinajstić information content (AvgIpc) is 2.58. The Bertz CT molecular complexity index is 606. The second-order valence-corrected chi connectivity index (χ2v) is 6.57. The van der Waals surface area contributed by atoms with Crippen LogP contribution in [0.1, 0.15) is 25.8 Å². The maximum Gasteiger partial charge on any atom is 0.328 e. The van der Waals surface area contributed by atoms with Gasteiger partial charge in [0.2, 0.25) is 11.8 Å². The van der Waals surface area contributed by atoms with Gasteiger partial charge in [0, 0.05) is 0 Å². The molecule has 144 valence electrons. The third-order valence-electron chi connectivity index (χ3n) is 3.77. The quantitative estimate of drug-likeness (QED) is 0.384. The van der Waals surface area contributed by atoms with Crippen LogP contribution in [-0.4, -0.2) is 52.7 Å². The Morgan fingerprint density at radius 1 is 1.04 bits per heavy atom. The molecule has 0 aromatic heterocycles. The Labute approximate surface area is 152 Å². The molecular weight excluding hydrogens is 338 g/mol. The molecule has 0 fully saturated rings. The highest BCUT2D eigenvalue weighted by Gasteiger charge is 2.28. The molecule has 6 N–H and O–H groups in total. The van der Waals surface area contributed by atoms with Crippen LogP contribution >= 0.6 is 0 Å². The molecule has 0 saturated carbocycles. The molecule has 3 atom stereocenters. The first kappa shape index (κ1) is 21.6. The minimum Gasteiger partial charge on any atom is -0.480 e. The molecule has 0 bridgehead atoms. The number of carboxylic acids is 1. The zero-order valence-corrected chi connectivity index (χ0v) is 15.0. The number of hydrogen-bond donors (Lipinski definition) is 5. The lowest BCUT2D eigenvalue weighted by atomic mass is 10.0. The Balaban J connectivity index is 2.74. The van der Waals surface area contributed by atoms with Crippen molar-refractivity contribution in [3.63, 3.8) is 0 Å². The van der Waals surface area contributed by atoms with E-state index in [1.807, 2.05) is 44.2 Å². The van der Waals surface area contributed by atoms with Gasteiger partial charge in [-0.2, -0.15) is 0 Å². The Hall–Kier alpha value is -2.45. The fraction of sp³-hybridized carbons (Fsp3) is 0.500. The van der Waals surface area contributed by atoms with E-state index in [4.69, 9.17) is 15.9 Å². The topological polar surface area (TPSA) is 142 Å². The number of carbonyl (C=O) groups is 3. The summed E-state index contributed by atoms with van der Waals surface area (Å²) in [5.74, 6) is -2.43. The summed E-state index contributed by atoms with van der Waals surface area (Å²) >= 11 is 0. The monoisotopic (exact) mass is 365 g/mol. The van der Waals surface area contributed by atoms with E-state index in [1.54, 1.807) is 0 Å². The molecule has 0 saturated heterocycles. The highest BCUT2D eigenvalue weighted by Crippen LogP contribution is 2.07. The van der Waals surface area contributed by atoms with E-state index in [9.17, 15) is 14.4 Å². The number of amides is 2. The minimum atomic E-state index is -1.42. The Morgan fingerprint density at radius 2 is 1.62 bits per heavy atom. The molecule has 1 aromatic carbocycles. The maximum atomic E-state index is 12.4. The van der Waals surface area contributed by atoms with Crippen LogP contribution in [0.5, 0.6) is 0 Å². The highest BCUT2D eigenvalue weighted by molar-refractivity contribution is 5.91. The van der Waals surface area contributed by atoms with Crippen LogP contribution in [0.25, 0.3) is 0 Å². The summed E-state index contributed by atoms with van der Waals surface area (Å²) < 4.78 is 0. The van der Waals surface area contributed by atoms with Crippen LogP contribution in [0, 0.1) is 5.92 Å². The summed E-state index contributed by atoms with van der Waals surface area (Å²) in [7, 11) is 0. The fourth-order valence-corrected chi connectivity index (χ4v) is 2.40. The van der Waals surface area contributed by atoms with Gasteiger partial charge < -0.3 is 26.6 Å². The lowest BCUT2D eigenvalue weighted by molar-refractivity contribution is -0.143. The van der Waals surface area contributed by atoms with Crippen molar-refractivity contribution in [2.45, 2.75) is 44.8 Å². The molecule has 2 amide bonds. The molecule has 8 heteroatoms. The minimum absolute atomic E-state index is 0.0776. The number of nitrogens with two attached hydrogens (primary N) is 1. The van der Waals surface area contributed by atoms with Gasteiger partial charge in [-0.1, -0.05) is 44.2 Å². The van der Waals surface area contributed by atoms with E-state index in [1.165, 1.54) is 0 Å². The number of hydrogen-bond acceptors (Lipinski definition) is 5. The Kier molecular flexibility index (Phi) is 8.74. The summed E-state index contributed by atoms with van der Waals surface area (Å²) in [5, 5.41) is 22.8. The molecule has 0 aliphatic heterocycles. The van der Waals surface area contributed by atoms with Gasteiger partial charge in [-0.25, -0.2) is 4.79 Å². The van der Waals surface area contributed by atoms with Crippen LogP contribution < -0.4 is 16.4 Å². The number of nitrogens with one attached hydrogen (secondary N) is 2. The largest absolute Gasteiger partial charge is 0.480 e. The number of aliphatic hydroxyl groups excluding tert-OH is 1. The van der Waals surface area contributed by atoms with Crippen molar-refractivity contribution in [1.82, 2.24) is 10.6 Å². The van der Waals surface area contributed by atoms with Crippen molar-refractivity contribution in [1.29, 1.82) is 0 Å². The van der Waals surface area contributed by atoms with Crippen LogP contribution in [-0.2, 0) is 20.8 Å². The third-order valence-corrected chi connectivity index (χ3v) is 3.77. The smallest absolute Gasteiger partial charge is 0.328 e. The van der Waals surface area contributed by atoms with Gasteiger partial charge >= 0.3 is 5.97 Å². The summed E-state index contributed by atoms with van der Waals surface area (Å²) in [6, 6.07) is 6.05. The lowest BCUT2D eigenvalue weighted by Crippen LogP contribution is -2.55. The molecule has 0 aliphatic carbocycles. The highest BCUT2D eigenvalue weighted by atomic mass is 16.4. The van der Waals surface area contributed by atoms with Crippen molar-refractivity contribution < 1.29 is 24.6 Å². The van der Waals surface area contributed by atoms with Gasteiger partial charge in [-0.15, -0.1) is 0 Å². The van der Waals surface area contributed by atoms with E-state index in [2.05, 4.69) is 10.6 Å². The van der Waals surface area contributed by atoms with E-state index in [-0.39, 0.29) is 5.92 Å². The first-order chi connectivity index (χ1) is 12.2. The summed E-state index contributed by atoms with van der Waals surface area (Å²) in [4.78, 5) is 35.6. The molecule has 26 heavy (non-hydrogen) atoms. The first-order valence-electron chi connectivity index (χ1n) is 8.48. The lowest BCUT2D eigenvalue weighted by Gasteiger charge is -2.23. The van der Waals surface area contributed by atoms with Gasteiger partial charge in [0.25, 0.3) is 0 Å². The van der Waals surface area contributed by atoms with E-state index in [0.717, 1.165) is 5.56 Å². The van der Waals surface area contributed by atoms with Crippen molar-refractivity contribution in [2.75, 3.05) is 6.61 Å². The van der Waals surface area contributed by atoms with Crippen molar-refractivity contribution >= 4 is 17.8 Å². The third kappa shape index (κ3) is 7.20. The number of aliphatic carboxylic acids is 1. The second kappa shape index (κ2) is 10.5. The number of carbonyl (C=O) groups excluding carboxylic acids is 2. The van der Waals surface area contributed by atoms with Gasteiger partial charge in [-0.3, -0.25) is 9.59 Å². The summed E-state index contributed by atoms with van der Waals surface area (Å²) in [5.41, 5.74) is 6.82. The standard InChI is InChI=1S/C18H27N3O5/c1-11(2)8-14(17(24)21-15(10-22)18(25)26)20-16(23)13(19)9-12-6-4-3-5-7-12/h3-7,11,13-15,22H,8-10,19H2,1-2H3,(H,20,23)(H,21,24)(H,25,26). The summed E-state index contributed by atoms with van der Waals surface area (Å²) in [6.45, 7) is 3.01. The normalized spacial score (nSPS) is 14.3. The molecule has 0 heterocycles. The van der Waals surface area contributed by atoms with Crippen molar-refractivity contribution in [2.24, 2.45) is 11.7 Å². The molecule has 0 aliphatic rings. The van der Waals surface area contributed by atoms with E-state index >= 15 is 0 Å². The zero-order valence-electron chi connectivity index (χ0n) is 15.0. The van der Waals surface area contributed by atoms with Gasteiger partial charge in [0.05, 0.1) is 12.6 Å². The number of rotatable bonds is 10. The number of aliphatic hydroxyl groups is 1. The molecule has 0 spiro atoms. The molecule has 0 radical (unpaired) electrons. The Morgan fingerprint density at radius 3 is 2.12 bits per heavy atom. The van der Waals surface area contributed by atoms with Crippen LogP contribution in [0.4, 0.5) is 0 Å². The van der Waals surface area contributed by atoms with Gasteiger partial charge in [0.15, 0.2) is 0 Å². The van der Waals surface area contributed by atoms with Crippen molar-refractivity contribution in [3.8, 4) is 0 Å². The van der Waals surface area contributed by atoms with Crippen molar-refractivity contribution in [3.05, 3.63) is 35.9 Å². The van der Waals surface area contributed by atoms with Crippen LogP contribution in [0.15, 0.2) is 30.3 Å². The molecule has 8 nitrogen and oxygen atoms in total. The number of benzene rings is 1. The number of carboxylic acid groups (broad SMARTS) is 1. The SMILES string of the molecule is CC(C)CC(NC(=O)C(N)Cc1ccccc1)C(=O)NC(CO)C(=O)O.